The average molecular weight is 395 g/mol. The van der Waals surface area contributed by atoms with E-state index in [9.17, 15) is 9.59 Å². The number of nitrogens with one attached hydrogen (secondary N) is 3. The smallest absolute Gasteiger partial charge is 0.279 e. The maximum Gasteiger partial charge on any atom is 0.279 e. The number of aryl methyl sites for hydroxylation is 1. The lowest BCUT2D eigenvalue weighted by Crippen LogP contribution is -3.11. The average Bonchev–Trinajstić information content (AvgIpc) is 2.50. The van der Waals surface area contributed by atoms with Gasteiger partial charge in [-0.1, -0.05) is 35.3 Å². The first-order valence-electron chi connectivity index (χ1n) is 8.18. The van der Waals surface area contributed by atoms with Crippen molar-refractivity contribution in [2.24, 2.45) is 0 Å². The summed E-state index contributed by atoms with van der Waals surface area (Å²) in [5.41, 5.74) is 3.47. The zero-order chi connectivity index (χ0) is 19.3. The van der Waals surface area contributed by atoms with Gasteiger partial charge in [0.25, 0.3) is 11.8 Å². The van der Waals surface area contributed by atoms with Crippen LogP contribution in [0, 0.1) is 13.8 Å². The van der Waals surface area contributed by atoms with Crippen molar-refractivity contribution in [1.82, 2.24) is 0 Å². The summed E-state index contributed by atoms with van der Waals surface area (Å²) < 4.78 is 0. The molecule has 0 heterocycles. The molecular weight excluding hydrogens is 373 g/mol. The van der Waals surface area contributed by atoms with Gasteiger partial charge in [-0.15, -0.1) is 0 Å². The van der Waals surface area contributed by atoms with Gasteiger partial charge in [0.2, 0.25) is 0 Å². The lowest BCUT2D eigenvalue weighted by Gasteiger charge is -2.15. The summed E-state index contributed by atoms with van der Waals surface area (Å²) in [5.74, 6) is -0.366. The summed E-state index contributed by atoms with van der Waals surface area (Å²) in [7, 11) is 1.78. The number of carbonyl (C=O) groups excluding carboxylic acids is 2. The van der Waals surface area contributed by atoms with Crippen LogP contribution in [0.15, 0.2) is 36.4 Å². The van der Waals surface area contributed by atoms with Gasteiger partial charge in [-0.3, -0.25) is 9.59 Å². The van der Waals surface area contributed by atoms with Gasteiger partial charge in [-0.2, -0.15) is 0 Å². The van der Waals surface area contributed by atoms with Crippen molar-refractivity contribution in [3.63, 3.8) is 0 Å². The highest BCUT2D eigenvalue weighted by Crippen LogP contribution is 2.22. The third-order valence-electron chi connectivity index (χ3n) is 3.95. The van der Waals surface area contributed by atoms with Crippen LogP contribution in [-0.2, 0) is 9.59 Å². The van der Waals surface area contributed by atoms with Crippen LogP contribution < -0.4 is 15.5 Å². The first-order chi connectivity index (χ1) is 12.2. The largest absolute Gasteiger partial charge is 0.322 e. The molecule has 1 unspecified atom stereocenters. The number of carbonyl (C=O) groups is 2. The molecule has 0 bridgehead atoms. The fraction of sp³-hybridized carbons (Fsp3) is 0.263. The summed E-state index contributed by atoms with van der Waals surface area (Å²) in [6.45, 7) is 4.28. The molecule has 0 spiro atoms. The van der Waals surface area contributed by atoms with Crippen LogP contribution in [0.1, 0.15) is 11.1 Å². The molecule has 7 heteroatoms. The lowest BCUT2D eigenvalue weighted by molar-refractivity contribution is -0.862. The van der Waals surface area contributed by atoms with Crippen molar-refractivity contribution in [3.8, 4) is 0 Å². The molecule has 0 aliphatic heterocycles. The zero-order valence-corrected chi connectivity index (χ0v) is 16.5. The van der Waals surface area contributed by atoms with Gasteiger partial charge in [0.1, 0.15) is 0 Å². The summed E-state index contributed by atoms with van der Waals surface area (Å²) in [4.78, 5) is 25.1. The third-order valence-corrected chi connectivity index (χ3v) is 4.39. The number of halogens is 2. The van der Waals surface area contributed by atoms with E-state index in [1.54, 1.807) is 25.2 Å². The van der Waals surface area contributed by atoms with Crippen LogP contribution in [0.5, 0.6) is 0 Å². The Bertz CT molecular complexity index is 804. The first-order valence-corrected chi connectivity index (χ1v) is 8.93. The number of amides is 2. The molecular formula is C19H22Cl2N3O2+. The topological polar surface area (TPSA) is 62.6 Å². The van der Waals surface area contributed by atoms with E-state index < -0.39 is 0 Å². The van der Waals surface area contributed by atoms with E-state index in [4.69, 9.17) is 23.2 Å². The minimum Gasteiger partial charge on any atom is -0.322 e. The molecule has 0 saturated carbocycles. The van der Waals surface area contributed by atoms with Crippen LogP contribution in [-0.4, -0.2) is 32.0 Å². The Morgan fingerprint density at radius 3 is 2.15 bits per heavy atom. The Balaban J connectivity index is 1.87. The molecule has 0 aromatic heterocycles. The summed E-state index contributed by atoms with van der Waals surface area (Å²) in [5, 5.41) is 6.52. The van der Waals surface area contributed by atoms with E-state index in [0.29, 0.717) is 15.7 Å². The van der Waals surface area contributed by atoms with Gasteiger partial charge in [0.15, 0.2) is 13.1 Å². The van der Waals surface area contributed by atoms with E-state index in [-0.39, 0.29) is 24.9 Å². The van der Waals surface area contributed by atoms with Gasteiger partial charge in [-0.25, -0.2) is 0 Å². The molecule has 0 saturated heterocycles. The Hall–Kier alpha value is -2.08. The predicted molar refractivity (Wildman–Crippen MR) is 106 cm³/mol. The molecule has 0 radical (unpaired) electrons. The summed E-state index contributed by atoms with van der Waals surface area (Å²) >= 11 is 11.8. The molecule has 2 aromatic carbocycles. The monoisotopic (exact) mass is 394 g/mol. The summed E-state index contributed by atoms with van der Waals surface area (Å²) in [6.07, 6.45) is 0. The van der Waals surface area contributed by atoms with Gasteiger partial charge in [0, 0.05) is 21.4 Å². The second kappa shape index (κ2) is 9.03. The minimum atomic E-state index is -0.222. The molecule has 138 valence electrons. The maximum absolute atomic E-state index is 12.2. The van der Waals surface area contributed by atoms with Gasteiger partial charge >= 0.3 is 0 Å². The molecule has 0 aliphatic rings. The number of rotatable bonds is 6. The number of hydrogen-bond donors (Lipinski definition) is 3. The second-order valence-electron chi connectivity index (χ2n) is 6.31. The van der Waals surface area contributed by atoms with Crippen LogP contribution in [0.3, 0.4) is 0 Å². The van der Waals surface area contributed by atoms with Gasteiger partial charge in [0.05, 0.1) is 7.05 Å². The Morgan fingerprint density at radius 1 is 0.962 bits per heavy atom. The molecule has 26 heavy (non-hydrogen) atoms. The Kier molecular flexibility index (Phi) is 7.03. The van der Waals surface area contributed by atoms with Gasteiger partial charge < -0.3 is 15.5 Å². The standard InChI is InChI=1S/C19H21Cl2N3O2/c1-12-5-4-6-17(13(12)2)23-19(26)11-24(3)10-18(25)22-16-8-14(20)7-15(21)9-16/h4-9H,10-11H2,1-3H3,(H,22,25)(H,23,26)/p+1. The zero-order valence-electron chi connectivity index (χ0n) is 15.0. The maximum atomic E-state index is 12.2. The third kappa shape index (κ3) is 6.02. The first kappa shape index (κ1) is 20.2. The molecule has 0 fully saturated rings. The fourth-order valence-corrected chi connectivity index (χ4v) is 3.05. The molecule has 2 rings (SSSR count). The minimum absolute atomic E-state index is 0.143. The lowest BCUT2D eigenvalue weighted by atomic mass is 10.1. The van der Waals surface area contributed by atoms with Crippen molar-refractivity contribution >= 4 is 46.4 Å². The highest BCUT2D eigenvalue weighted by atomic mass is 35.5. The number of quaternary nitrogens is 1. The highest BCUT2D eigenvalue weighted by Gasteiger charge is 2.15. The molecule has 2 aromatic rings. The van der Waals surface area contributed by atoms with E-state index in [0.717, 1.165) is 21.7 Å². The van der Waals surface area contributed by atoms with Crippen molar-refractivity contribution in [2.45, 2.75) is 13.8 Å². The molecule has 0 aliphatic carbocycles. The molecule has 2 amide bonds. The van der Waals surface area contributed by atoms with E-state index in [2.05, 4.69) is 10.6 Å². The number of benzene rings is 2. The molecule has 5 nitrogen and oxygen atoms in total. The second-order valence-corrected chi connectivity index (χ2v) is 7.19. The van der Waals surface area contributed by atoms with Crippen molar-refractivity contribution in [2.75, 3.05) is 30.8 Å². The molecule has 3 N–H and O–H groups in total. The number of anilines is 2. The van der Waals surface area contributed by atoms with Crippen LogP contribution >= 0.6 is 23.2 Å². The molecule has 1 atom stereocenters. The van der Waals surface area contributed by atoms with Crippen LogP contribution in [0.4, 0.5) is 11.4 Å². The normalized spacial score (nSPS) is 11.7. The van der Waals surface area contributed by atoms with Crippen LogP contribution in [0.25, 0.3) is 0 Å². The predicted octanol–water partition coefficient (Wildman–Crippen LogP) is 2.70. The van der Waals surface area contributed by atoms with Crippen LogP contribution in [0.2, 0.25) is 10.0 Å². The summed E-state index contributed by atoms with van der Waals surface area (Å²) in [6, 6.07) is 10.6. The number of hydrogen-bond acceptors (Lipinski definition) is 2. The van der Waals surface area contributed by atoms with E-state index >= 15 is 0 Å². The number of likely N-dealkylation sites (N-methyl/N-ethyl adjacent to an activating group) is 1. The van der Waals surface area contributed by atoms with Crippen molar-refractivity contribution in [3.05, 3.63) is 57.6 Å². The van der Waals surface area contributed by atoms with Crippen molar-refractivity contribution < 1.29 is 14.5 Å². The Labute approximate surface area is 163 Å². The van der Waals surface area contributed by atoms with E-state index in [1.807, 2.05) is 32.0 Å². The quantitative estimate of drug-likeness (QED) is 0.705. The SMILES string of the molecule is Cc1cccc(NC(=O)C[NH+](C)CC(=O)Nc2cc(Cl)cc(Cl)c2)c1C. The fourth-order valence-electron chi connectivity index (χ4n) is 2.52. The van der Waals surface area contributed by atoms with E-state index in [1.165, 1.54) is 0 Å². The highest BCUT2D eigenvalue weighted by molar-refractivity contribution is 6.35. The van der Waals surface area contributed by atoms with Gasteiger partial charge in [-0.05, 0) is 49.2 Å². The Morgan fingerprint density at radius 2 is 1.54 bits per heavy atom. The van der Waals surface area contributed by atoms with Crippen molar-refractivity contribution in [1.29, 1.82) is 0 Å².